The van der Waals surface area contributed by atoms with Crippen molar-refractivity contribution in [2.24, 2.45) is 0 Å². The second-order valence-electron chi connectivity index (χ2n) is 4.15. The normalized spacial score (nSPS) is 11.5. The zero-order valence-electron chi connectivity index (χ0n) is 11.2. The Kier molecular flexibility index (Phi) is 8.53. The standard InChI is InChI=1S/C15H19O3P/c1-4-7-9-12-19(18,13-10-8-5-2)14(11-6-3)15(16)17/h1-2,14H,7-10,12-13H2,3H3,(H,16,17). The Bertz CT molecular complexity index is 458. The van der Waals surface area contributed by atoms with Gasteiger partial charge in [-0.3, -0.25) is 4.79 Å². The molecule has 0 aromatic heterocycles. The van der Waals surface area contributed by atoms with Crippen LogP contribution in [0.25, 0.3) is 0 Å². The summed E-state index contributed by atoms with van der Waals surface area (Å²) in [5.41, 5.74) is -1.10. The second-order valence-corrected chi connectivity index (χ2v) is 7.47. The third-order valence-electron chi connectivity index (χ3n) is 2.70. The van der Waals surface area contributed by atoms with Gasteiger partial charge in [0.15, 0.2) is 5.66 Å². The smallest absolute Gasteiger partial charge is 0.326 e. The molecule has 4 heteroatoms. The predicted molar refractivity (Wildman–Crippen MR) is 78.3 cm³/mol. The van der Waals surface area contributed by atoms with Gasteiger partial charge in [-0.15, -0.1) is 30.6 Å². The van der Waals surface area contributed by atoms with E-state index >= 15 is 0 Å². The summed E-state index contributed by atoms with van der Waals surface area (Å²) in [6.07, 6.45) is 13.0. The molecule has 0 aliphatic rings. The Morgan fingerprint density at radius 1 is 1.21 bits per heavy atom. The topological polar surface area (TPSA) is 54.4 Å². The monoisotopic (exact) mass is 278 g/mol. The second kappa shape index (κ2) is 9.33. The first kappa shape index (κ1) is 17.4. The number of carboxylic acids is 1. The highest BCUT2D eigenvalue weighted by molar-refractivity contribution is 7.65. The van der Waals surface area contributed by atoms with Crippen LogP contribution in [0, 0.1) is 36.5 Å². The number of carboxylic acid groups (broad SMARTS) is 1. The highest BCUT2D eigenvalue weighted by atomic mass is 31.2. The molecule has 0 amide bonds. The van der Waals surface area contributed by atoms with E-state index in [0.29, 0.717) is 38.0 Å². The molecule has 0 aromatic rings. The molecule has 0 aliphatic heterocycles. The van der Waals surface area contributed by atoms with Gasteiger partial charge in [-0.05, 0) is 19.8 Å². The van der Waals surface area contributed by atoms with Crippen LogP contribution in [0.4, 0.5) is 0 Å². The molecule has 0 bridgehead atoms. The highest BCUT2D eigenvalue weighted by Gasteiger charge is 2.36. The Balaban J connectivity index is 5.04. The third kappa shape index (κ3) is 6.20. The lowest BCUT2D eigenvalue weighted by Crippen LogP contribution is -2.22. The minimum Gasteiger partial charge on any atom is -0.480 e. The predicted octanol–water partition coefficient (Wildman–Crippen LogP) is 2.65. The van der Waals surface area contributed by atoms with Crippen LogP contribution < -0.4 is 0 Å². The van der Waals surface area contributed by atoms with Gasteiger partial charge in [0.1, 0.15) is 7.14 Å². The van der Waals surface area contributed by atoms with Crippen molar-refractivity contribution in [3.05, 3.63) is 0 Å². The fourth-order valence-electron chi connectivity index (χ4n) is 1.78. The minimum atomic E-state index is -2.93. The first-order valence-electron chi connectivity index (χ1n) is 6.11. The number of unbranched alkanes of at least 4 members (excludes halogenated alkanes) is 2. The maximum atomic E-state index is 12.9. The van der Waals surface area contributed by atoms with Crippen molar-refractivity contribution in [1.82, 2.24) is 0 Å². The van der Waals surface area contributed by atoms with Crippen LogP contribution >= 0.6 is 7.14 Å². The summed E-state index contributed by atoms with van der Waals surface area (Å²) in [6, 6.07) is 0. The quantitative estimate of drug-likeness (QED) is 0.422. The van der Waals surface area contributed by atoms with Crippen LogP contribution in [0.2, 0.25) is 0 Å². The first-order valence-corrected chi connectivity index (χ1v) is 8.26. The molecule has 0 spiro atoms. The number of terminal acetylenes is 2. The molecule has 0 heterocycles. The fraction of sp³-hybridized carbons (Fsp3) is 0.533. The van der Waals surface area contributed by atoms with Crippen molar-refractivity contribution in [3.8, 4) is 36.5 Å². The number of rotatable bonds is 8. The number of hydrogen-bond donors (Lipinski definition) is 1. The molecule has 1 N–H and O–H groups in total. The molecule has 1 unspecified atom stereocenters. The lowest BCUT2D eigenvalue weighted by molar-refractivity contribution is -0.135. The van der Waals surface area contributed by atoms with Gasteiger partial charge in [0.05, 0.1) is 0 Å². The van der Waals surface area contributed by atoms with Crippen LogP contribution in [-0.4, -0.2) is 29.1 Å². The molecule has 0 radical (unpaired) electrons. The Hall–Kier alpha value is -1.62. The number of aliphatic carboxylic acids is 1. The Morgan fingerprint density at radius 2 is 1.68 bits per heavy atom. The molecule has 1 atom stereocenters. The SMILES string of the molecule is C#CCCCP(=O)(CCCC#C)C(C#CC)C(=O)O. The Labute approximate surface area is 115 Å². The molecule has 0 saturated heterocycles. The van der Waals surface area contributed by atoms with E-state index in [1.54, 1.807) is 6.92 Å². The van der Waals surface area contributed by atoms with Crippen molar-refractivity contribution >= 4 is 13.1 Å². The van der Waals surface area contributed by atoms with Gasteiger partial charge in [-0.25, -0.2) is 0 Å². The summed E-state index contributed by atoms with van der Waals surface area (Å²) in [5.74, 6) is 8.93. The molecule has 0 rings (SSSR count). The van der Waals surface area contributed by atoms with E-state index in [9.17, 15) is 14.5 Å². The number of hydrogen-bond acceptors (Lipinski definition) is 2. The van der Waals surface area contributed by atoms with Crippen molar-refractivity contribution in [3.63, 3.8) is 0 Å². The van der Waals surface area contributed by atoms with Crippen LogP contribution in [0.5, 0.6) is 0 Å². The molecule has 0 fully saturated rings. The molecule has 19 heavy (non-hydrogen) atoms. The lowest BCUT2D eigenvalue weighted by atomic mass is 10.3. The van der Waals surface area contributed by atoms with Crippen LogP contribution in [0.1, 0.15) is 32.6 Å². The highest BCUT2D eigenvalue weighted by Crippen LogP contribution is 2.52. The molecule has 0 saturated carbocycles. The zero-order valence-corrected chi connectivity index (χ0v) is 12.1. The largest absolute Gasteiger partial charge is 0.480 e. The average Bonchev–Trinajstić information content (AvgIpc) is 2.36. The van der Waals surface area contributed by atoms with Gasteiger partial charge >= 0.3 is 5.97 Å². The fourth-order valence-corrected chi connectivity index (χ4v) is 4.68. The molecule has 3 nitrogen and oxygen atoms in total. The summed E-state index contributed by atoms with van der Waals surface area (Å²) in [4.78, 5) is 11.2. The maximum Gasteiger partial charge on any atom is 0.326 e. The lowest BCUT2D eigenvalue weighted by Gasteiger charge is -2.21. The van der Waals surface area contributed by atoms with Gasteiger partial charge in [-0.2, -0.15) is 0 Å². The van der Waals surface area contributed by atoms with E-state index in [4.69, 9.17) is 12.8 Å². The van der Waals surface area contributed by atoms with E-state index < -0.39 is 18.8 Å². The van der Waals surface area contributed by atoms with E-state index in [1.165, 1.54) is 0 Å². The van der Waals surface area contributed by atoms with E-state index in [1.807, 2.05) is 0 Å². The van der Waals surface area contributed by atoms with Gasteiger partial charge in [0.2, 0.25) is 0 Å². The molecular weight excluding hydrogens is 259 g/mol. The van der Waals surface area contributed by atoms with Crippen LogP contribution in [-0.2, 0) is 9.36 Å². The van der Waals surface area contributed by atoms with Crippen LogP contribution in [0.15, 0.2) is 0 Å². The maximum absolute atomic E-state index is 12.9. The summed E-state index contributed by atoms with van der Waals surface area (Å²) >= 11 is 0. The molecule has 0 aliphatic carbocycles. The van der Waals surface area contributed by atoms with Gasteiger partial charge in [-0.1, -0.05) is 5.92 Å². The van der Waals surface area contributed by atoms with E-state index in [2.05, 4.69) is 23.7 Å². The van der Waals surface area contributed by atoms with Crippen molar-refractivity contribution < 1.29 is 14.5 Å². The van der Waals surface area contributed by atoms with Gasteiger partial charge in [0, 0.05) is 25.2 Å². The number of carbonyl (C=O) groups is 1. The van der Waals surface area contributed by atoms with Crippen molar-refractivity contribution in [1.29, 1.82) is 0 Å². The first-order chi connectivity index (χ1) is 9.01. The third-order valence-corrected chi connectivity index (χ3v) is 6.14. The summed E-state index contributed by atoms with van der Waals surface area (Å²) in [7, 11) is -2.93. The van der Waals surface area contributed by atoms with E-state index in [0.717, 1.165) is 0 Å². The van der Waals surface area contributed by atoms with Gasteiger partial charge < -0.3 is 9.67 Å². The summed E-state index contributed by atoms with van der Waals surface area (Å²) in [6.45, 7) is 1.54. The molecule has 102 valence electrons. The summed E-state index contributed by atoms with van der Waals surface area (Å²) in [5, 5.41) is 9.20. The average molecular weight is 278 g/mol. The zero-order chi connectivity index (χ0) is 14.7. The minimum absolute atomic E-state index is 0.313. The summed E-state index contributed by atoms with van der Waals surface area (Å²) < 4.78 is 12.9. The van der Waals surface area contributed by atoms with Crippen molar-refractivity contribution in [2.45, 2.75) is 38.3 Å². The molecule has 0 aromatic carbocycles. The van der Waals surface area contributed by atoms with E-state index in [-0.39, 0.29) is 0 Å². The van der Waals surface area contributed by atoms with Crippen molar-refractivity contribution in [2.75, 3.05) is 12.3 Å². The Morgan fingerprint density at radius 3 is 2.00 bits per heavy atom. The van der Waals surface area contributed by atoms with Crippen LogP contribution in [0.3, 0.4) is 0 Å². The van der Waals surface area contributed by atoms with Gasteiger partial charge in [0.25, 0.3) is 0 Å². The molecular formula is C15H19O3P.